The van der Waals surface area contributed by atoms with E-state index in [4.69, 9.17) is 14.2 Å². The van der Waals surface area contributed by atoms with Gasteiger partial charge >= 0.3 is 5.97 Å². The van der Waals surface area contributed by atoms with E-state index in [0.717, 1.165) is 13.1 Å². The Hall–Kier alpha value is -1.75. The third-order valence-corrected chi connectivity index (χ3v) is 8.11. The van der Waals surface area contributed by atoms with E-state index in [1.165, 1.54) is 0 Å². The van der Waals surface area contributed by atoms with E-state index >= 15 is 0 Å². The maximum atomic E-state index is 13.8. The van der Waals surface area contributed by atoms with Crippen molar-refractivity contribution in [2.45, 2.75) is 63.2 Å². The molecule has 0 aromatic heterocycles. The summed E-state index contributed by atoms with van der Waals surface area (Å²) in [5.74, 6) is -2.27. The van der Waals surface area contributed by atoms with Crippen LogP contribution in [0.25, 0.3) is 0 Å². The van der Waals surface area contributed by atoms with Gasteiger partial charge in [0, 0.05) is 39.3 Å². The van der Waals surface area contributed by atoms with Crippen molar-refractivity contribution in [3.05, 3.63) is 0 Å². The SMILES string of the molecule is CCOC(=O)[C@@H]1[C@H]2C(=O)N(CCCCO)C(C(=O)NCCN3CCOCC3)C23CC[C@@]1(CC)O3. The Labute approximate surface area is 201 Å². The summed E-state index contributed by atoms with van der Waals surface area (Å²) in [5, 5.41) is 12.3. The first kappa shape index (κ1) is 25.3. The molecule has 2 N–H and O–H groups in total. The second kappa shape index (κ2) is 10.5. The Morgan fingerprint density at radius 1 is 1.18 bits per heavy atom. The van der Waals surface area contributed by atoms with Crippen LogP contribution in [0.1, 0.15) is 46.0 Å². The van der Waals surface area contributed by atoms with Gasteiger partial charge in [0.05, 0.1) is 31.3 Å². The molecule has 4 aliphatic rings. The van der Waals surface area contributed by atoms with Crippen molar-refractivity contribution < 1.29 is 33.7 Å². The van der Waals surface area contributed by atoms with E-state index in [1.807, 2.05) is 6.92 Å². The molecule has 192 valence electrons. The summed E-state index contributed by atoms with van der Waals surface area (Å²) in [4.78, 5) is 44.2. The predicted molar refractivity (Wildman–Crippen MR) is 122 cm³/mol. The lowest BCUT2D eigenvalue weighted by atomic mass is 9.65. The highest BCUT2D eigenvalue weighted by atomic mass is 16.6. The molecule has 2 amide bonds. The molecule has 34 heavy (non-hydrogen) atoms. The van der Waals surface area contributed by atoms with Gasteiger partial charge in [0.1, 0.15) is 17.6 Å². The van der Waals surface area contributed by atoms with Crippen LogP contribution >= 0.6 is 0 Å². The zero-order chi connectivity index (χ0) is 24.3. The molecule has 0 aromatic carbocycles. The largest absolute Gasteiger partial charge is 0.466 e. The van der Waals surface area contributed by atoms with Gasteiger partial charge < -0.3 is 29.5 Å². The molecule has 5 atom stereocenters. The molecular weight excluding hydrogens is 442 g/mol. The molecule has 0 aliphatic carbocycles. The number of hydrogen-bond donors (Lipinski definition) is 2. The number of ether oxygens (including phenoxy) is 3. The highest BCUT2D eigenvalue weighted by molar-refractivity contribution is 5.98. The third-order valence-electron chi connectivity index (χ3n) is 8.11. The number of fused-ring (bicyclic) bond motifs is 1. The van der Waals surface area contributed by atoms with Gasteiger partial charge in [-0.2, -0.15) is 0 Å². The van der Waals surface area contributed by atoms with Crippen LogP contribution in [-0.4, -0.2) is 109 Å². The first-order valence-corrected chi connectivity index (χ1v) is 12.8. The number of hydrogen-bond acceptors (Lipinski definition) is 8. The molecule has 2 bridgehead atoms. The molecule has 4 aliphatic heterocycles. The number of morpholine rings is 1. The first-order chi connectivity index (χ1) is 16.4. The van der Waals surface area contributed by atoms with Crippen molar-refractivity contribution >= 4 is 17.8 Å². The maximum absolute atomic E-state index is 13.8. The van der Waals surface area contributed by atoms with E-state index in [0.29, 0.717) is 65.0 Å². The lowest BCUT2D eigenvalue weighted by Gasteiger charge is -2.34. The van der Waals surface area contributed by atoms with Crippen molar-refractivity contribution in [1.82, 2.24) is 15.1 Å². The van der Waals surface area contributed by atoms with E-state index in [1.54, 1.807) is 11.8 Å². The van der Waals surface area contributed by atoms with Crippen molar-refractivity contribution in [3.63, 3.8) is 0 Å². The normalized spacial score (nSPS) is 35.0. The molecule has 10 nitrogen and oxygen atoms in total. The Kier molecular flexibility index (Phi) is 7.81. The molecule has 4 rings (SSSR count). The van der Waals surface area contributed by atoms with E-state index < -0.39 is 35.0 Å². The molecule has 4 fully saturated rings. The molecule has 10 heteroatoms. The molecule has 4 saturated heterocycles. The first-order valence-electron chi connectivity index (χ1n) is 12.8. The number of unbranched alkanes of at least 4 members (excludes halogenated alkanes) is 1. The minimum absolute atomic E-state index is 0.0217. The zero-order valence-electron chi connectivity index (χ0n) is 20.4. The Balaban J connectivity index is 1.57. The second-order valence-electron chi connectivity index (χ2n) is 9.79. The van der Waals surface area contributed by atoms with Crippen LogP contribution in [0, 0.1) is 11.8 Å². The fourth-order valence-corrected chi connectivity index (χ4v) is 6.50. The molecular formula is C24H39N3O7. The van der Waals surface area contributed by atoms with Gasteiger partial charge in [-0.05, 0) is 39.0 Å². The minimum atomic E-state index is -1.02. The van der Waals surface area contributed by atoms with Gasteiger partial charge in [0.15, 0.2) is 0 Å². The summed E-state index contributed by atoms with van der Waals surface area (Å²) in [6.07, 6.45) is 2.88. The molecule has 0 aromatic rings. The van der Waals surface area contributed by atoms with Gasteiger partial charge in [-0.25, -0.2) is 0 Å². The van der Waals surface area contributed by atoms with Crippen LogP contribution in [0.15, 0.2) is 0 Å². The molecule has 0 radical (unpaired) electrons. The van der Waals surface area contributed by atoms with Gasteiger partial charge in [-0.15, -0.1) is 0 Å². The second-order valence-corrected chi connectivity index (χ2v) is 9.79. The Morgan fingerprint density at radius 2 is 1.94 bits per heavy atom. The summed E-state index contributed by atoms with van der Waals surface area (Å²) in [6, 6.07) is -0.791. The van der Waals surface area contributed by atoms with Crippen molar-refractivity contribution in [2.75, 3.05) is 59.2 Å². The summed E-state index contributed by atoms with van der Waals surface area (Å²) in [5.41, 5.74) is -1.79. The lowest BCUT2D eigenvalue weighted by molar-refractivity contribution is -0.160. The lowest BCUT2D eigenvalue weighted by Crippen LogP contribution is -2.56. The minimum Gasteiger partial charge on any atom is -0.466 e. The van der Waals surface area contributed by atoms with Crippen molar-refractivity contribution in [3.8, 4) is 0 Å². The number of nitrogens with one attached hydrogen (secondary N) is 1. The summed E-state index contributed by atoms with van der Waals surface area (Å²) in [6.45, 7) is 8.54. The van der Waals surface area contributed by atoms with Crippen molar-refractivity contribution in [2.24, 2.45) is 11.8 Å². The molecule has 4 heterocycles. The fraction of sp³-hybridized carbons (Fsp3) is 0.875. The topological polar surface area (TPSA) is 118 Å². The average molecular weight is 482 g/mol. The van der Waals surface area contributed by atoms with E-state index in [-0.39, 0.29) is 25.0 Å². The number of nitrogens with zero attached hydrogens (tertiary/aromatic N) is 2. The van der Waals surface area contributed by atoms with Crippen LogP contribution in [0.2, 0.25) is 0 Å². The number of aliphatic hydroxyl groups excluding tert-OH is 1. The summed E-state index contributed by atoms with van der Waals surface area (Å²) >= 11 is 0. The number of likely N-dealkylation sites (tertiary alicyclic amines) is 1. The van der Waals surface area contributed by atoms with Crippen LogP contribution in [0.4, 0.5) is 0 Å². The molecule has 0 saturated carbocycles. The summed E-state index contributed by atoms with van der Waals surface area (Å²) in [7, 11) is 0. The standard InChI is InChI=1S/C24H39N3O7/c1-3-23-7-8-24(34-23)17(18(23)22(31)33-4-2)21(30)27(10-5-6-14-28)19(24)20(29)25-9-11-26-12-15-32-16-13-26/h17-19,28H,3-16H2,1-2H3,(H,25,29)/t17-,18-,19?,23+,24?/m0/s1. The van der Waals surface area contributed by atoms with Gasteiger partial charge in [0.2, 0.25) is 11.8 Å². The maximum Gasteiger partial charge on any atom is 0.312 e. The zero-order valence-corrected chi connectivity index (χ0v) is 20.4. The highest BCUT2D eigenvalue weighted by Gasteiger charge is 2.78. The Bertz CT molecular complexity index is 774. The monoisotopic (exact) mass is 481 g/mol. The van der Waals surface area contributed by atoms with E-state index in [9.17, 15) is 19.5 Å². The van der Waals surface area contributed by atoms with Crippen LogP contribution in [0.3, 0.4) is 0 Å². The number of aliphatic hydroxyl groups is 1. The number of carbonyl (C=O) groups excluding carboxylic acids is 3. The number of amides is 2. The number of rotatable bonds is 11. The Morgan fingerprint density at radius 3 is 2.62 bits per heavy atom. The average Bonchev–Trinajstić information content (AvgIpc) is 3.44. The highest BCUT2D eigenvalue weighted by Crippen LogP contribution is 2.64. The smallest absolute Gasteiger partial charge is 0.312 e. The number of esters is 1. The van der Waals surface area contributed by atoms with E-state index in [2.05, 4.69) is 10.2 Å². The van der Waals surface area contributed by atoms with Gasteiger partial charge in [-0.1, -0.05) is 6.92 Å². The van der Waals surface area contributed by atoms with Crippen LogP contribution in [0.5, 0.6) is 0 Å². The van der Waals surface area contributed by atoms with Crippen LogP contribution in [-0.2, 0) is 28.6 Å². The van der Waals surface area contributed by atoms with Gasteiger partial charge in [-0.3, -0.25) is 19.3 Å². The predicted octanol–water partition coefficient (Wildman–Crippen LogP) is -0.0748. The van der Waals surface area contributed by atoms with Gasteiger partial charge in [0.25, 0.3) is 0 Å². The summed E-state index contributed by atoms with van der Waals surface area (Å²) < 4.78 is 17.4. The fourth-order valence-electron chi connectivity index (χ4n) is 6.50. The quantitative estimate of drug-likeness (QED) is 0.311. The molecule has 1 spiro atoms. The molecule has 2 unspecified atom stereocenters. The number of carbonyl (C=O) groups is 3. The van der Waals surface area contributed by atoms with Crippen molar-refractivity contribution in [1.29, 1.82) is 0 Å². The third kappa shape index (κ3) is 4.23. The van der Waals surface area contributed by atoms with Crippen LogP contribution < -0.4 is 5.32 Å².